The summed E-state index contributed by atoms with van der Waals surface area (Å²) in [5.74, 6) is -76.4. The molecule has 2 unspecified atom stereocenters. The van der Waals surface area contributed by atoms with Crippen LogP contribution >= 0.6 is 0 Å². The van der Waals surface area contributed by atoms with Crippen molar-refractivity contribution in [3.05, 3.63) is 0 Å². The molecule has 0 aliphatic heterocycles. The van der Waals surface area contributed by atoms with Crippen LogP contribution < -0.4 is 0 Å². The van der Waals surface area contributed by atoms with E-state index in [0.29, 0.717) is 0 Å². The highest BCUT2D eigenvalue weighted by atomic mass is 19.4. The smallest absolute Gasteiger partial charge is 0.387 e. The van der Waals surface area contributed by atoms with E-state index in [4.69, 9.17) is 0 Å². The molecule has 0 spiro atoms. The number of aliphatic hydroxyl groups is 2. The minimum atomic E-state index is -8.12. The lowest BCUT2D eigenvalue weighted by molar-refractivity contribution is -0.894. The molecule has 350 valence electrons. The predicted molar refractivity (Wildman–Crippen MR) is 145 cm³/mol. The first-order valence-corrected chi connectivity index (χ1v) is 15.8. The summed E-state index contributed by atoms with van der Waals surface area (Å²) in [5, 5.41) is 19.7. The standard InChI is InChI=1S/C28H36F26N2O2/c1-55(2,13-15(57)11-17(29,30)19(33,34)21(37,38)23(41,42)25(45,46)27(49,50)51)9-7-5-6-8-10-56(3,4)14-16(58)12-18(31,32)20(35,36)22(39,40)24(43,44)26(47,48)28(52,53)54/h15-16,57-58H,5-14H2,1-4H3/q+2. The monoisotopic (exact) mass is 926 g/mol. The van der Waals surface area contributed by atoms with Crippen LogP contribution in [0, 0.1) is 0 Å². The van der Waals surface area contributed by atoms with Crippen molar-refractivity contribution in [3.63, 3.8) is 0 Å². The highest BCUT2D eigenvalue weighted by Gasteiger charge is 2.92. The lowest BCUT2D eigenvalue weighted by atomic mass is 9.91. The summed E-state index contributed by atoms with van der Waals surface area (Å²) in [6.45, 7) is -2.59. The van der Waals surface area contributed by atoms with E-state index < -0.39 is 119 Å². The molecule has 0 bridgehead atoms. The van der Waals surface area contributed by atoms with Gasteiger partial charge in [-0.2, -0.15) is 114 Å². The van der Waals surface area contributed by atoms with Crippen LogP contribution in [0.5, 0.6) is 0 Å². The van der Waals surface area contributed by atoms with Crippen molar-refractivity contribution in [1.29, 1.82) is 0 Å². The van der Waals surface area contributed by atoms with Crippen molar-refractivity contribution < 1.29 is 133 Å². The van der Waals surface area contributed by atoms with Crippen molar-refractivity contribution in [1.82, 2.24) is 0 Å². The van der Waals surface area contributed by atoms with Crippen LogP contribution in [0.1, 0.15) is 38.5 Å². The van der Waals surface area contributed by atoms with Crippen LogP contribution in [0.3, 0.4) is 0 Å². The third kappa shape index (κ3) is 10.7. The van der Waals surface area contributed by atoms with E-state index in [1.807, 2.05) is 0 Å². The molecule has 2 atom stereocenters. The van der Waals surface area contributed by atoms with E-state index in [0.717, 1.165) is 28.2 Å². The molecular weight excluding hydrogens is 890 g/mol. The predicted octanol–water partition coefficient (Wildman–Crippen LogP) is 9.68. The maximum absolute atomic E-state index is 14.1. The van der Waals surface area contributed by atoms with Gasteiger partial charge in [-0.15, -0.1) is 0 Å². The summed E-state index contributed by atoms with van der Waals surface area (Å²) < 4.78 is 345. The number of quaternary nitrogens is 2. The molecule has 0 amide bonds. The summed E-state index contributed by atoms with van der Waals surface area (Å²) in [6.07, 6.45) is -26.4. The Balaban J connectivity index is 5.36. The van der Waals surface area contributed by atoms with Crippen LogP contribution in [0.25, 0.3) is 0 Å². The van der Waals surface area contributed by atoms with Gasteiger partial charge in [0.05, 0.1) is 41.3 Å². The minimum Gasteiger partial charge on any atom is -0.387 e. The van der Waals surface area contributed by atoms with Gasteiger partial charge < -0.3 is 19.2 Å². The van der Waals surface area contributed by atoms with Crippen LogP contribution in [0.15, 0.2) is 0 Å². The van der Waals surface area contributed by atoms with Crippen molar-refractivity contribution in [2.75, 3.05) is 54.4 Å². The van der Waals surface area contributed by atoms with E-state index >= 15 is 0 Å². The molecule has 0 rings (SSSR count). The fourth-order valence-corrected chi connectivity index (χ4v) is 5.34. The molecule has 0 heterocycles. The van der Waals surface area contributed by atoms with Crippen molar-refractivity contribution in [2.24, 2.45) is 0 Å². The molecule has 2 N–H and O–H groups in total. The largest absolute Gasteiger partial charge is 0.460 e. The quantitative estimate of drug-likeness (QED) is 0.0610. The van der Waals surface area contributed by atoms with Gasteiger partial charge in [0, 0.05) is 12.8 Å². The Morgan fingerprint density at radius 3 is 0.741 bits per heavy atom. The van der Waals surface area contributed by atoms with E-state index in [-0.39, 0.29) is 38.8 Å². The topological polar surface area (TPSA) is 40.5 Å². The van der Waals surface area contributed by atoms with Crippen molar-refractivity contribution in [2.45, 2.75) is 122 Å². The molecule has 58 heavy (non-hydrogen) atoms. The molecule has 0 fully saturated rings. The lowest BCUT2D eigenvalue weighted by Gasteiger charge is -2.40. The van der Waals surface area contributed by atoms with Crippen LogP contribution in [0.4, 0.5) is 114 Å². The molecule has 0 radical (unpaired) electrons. The van der Waals surface area contributed by atoms with Gasteiger partial charge in [-0.3, -0.25) is 0 Å². The number of rotatable bonds is 23. The highest BCUT2D eigenvalue weighted by Crippen LogP contribution is 2.62. The van der Waals surface area contributed by atoms with E-state index in [1.54, 1.807) is 0 Å². The Morgan fingerprint density at radius 2 is 0.534 bits per heavy atom. The molecule has 0 saturated heterocycles. The number of hydrogen-bond acceptors (Lipinski definition) is 2. The average Bonchev–Trinajstić information content (AvgIpc) is 2.95. The summed E-state index contributed by atoms with van der Waals surface area (Å²) in [6, 6.07) is 0. The van der Waals surface area contributed by atoms with Gasteiger partial charge in [0.1, 0.15) is 25.3 Å². The second-order valence-corrected chi connectivity index (χ2v) is 14.8. The van der Waals surface area contributed by atoms with Gasteiger partial charge in [-0.25, -0.2) is 0 Å². The summed E-state index contributed by atoms with van der Waals surface area (Å²) in [5.41, 5.74) is 0. The fourth-order valence-electron chi connectivity index (χ4n) is 5.34. The normalized spacial score (nSPS) is 17.2. The third-order valence-corrected chi connectivity index (χ3v) is 8.67. The Hall–Kier alpha value is -1.98. The van der Waals surface area contributed by atoms with Crippen molar-refractivity contribution in [3.8, 4) is 0 Å². The molecule has 0 aliphatic rings. The minimum absolute atomic E-state index is 0.00726. The second kappa shape index (κ2) is 16.7. The van der Waals surface area contributed by atoms with Gasteiger partial charge in [0.15, 0.2) is 0 Å². The molecule has 0 aromatic carbocycles. The third-order valence-electron chi connectivity index (χ3n) is 8.67. The number of halogens is 26. The van der Waals surface area contributed by atoms with Crippen LogP contribution in [-0.2, 0) is 0 Å². The maximum atomic E-state index is 14.1. The van der Waals surface area contributed by atoms with E-state index in [1.165, 1.54) is 0 Å². The summed E-state index contributed by atoms with van der Waals surface area (Å²) in [7, 11) is 4.36. The molecular formula is C28H36F26N2O2+2. The Kier molecular flexibility index (Phi) is 16.1. The fraction of sp³-hybridized carbons (Fsp3) is 1.00. The number of aliphatic hydroxyl groups excluding tert-OH is 2. The molecule has 0 aromatic rings. The van der Waals surface area contributed by atoms with Gasteiger partial charge >= 0.3 is 71.6 Å². The first-order valence-electron chi connectivity index (χ1n) is 15.8. The second-order valence-electron chi connectivity index (χ2n) is 14.8. The van der Waals surface area contributed by atoms with Gasteiger partial charge in [-0.05, 0) is 25.7 Å². The van der Waals surface area contributed by atoms with Crippen molar-refractivity contribution >= 4 is 0 Å². The zero-order valence-corrected chi connectivity index (χ0v) is 29.8. The number of hydrogen-bond donors (Lipinski definition) is 2. The van der Waals surface area contributed by atoms with Crippen LogP contribution in [0.2, 0.25) is 0 Å². The SMILES string of the molecule is C[N+](C)(CCCCCC[N+](C)(C)CC(O)CC(F)(F)C(F)(F)C(F)(F)C(F)(F)C(F)(F)C(F)(F)F)CC(O)CC(F)(F)C(F)(F)C(F)(F)C(F)(F)C(F)(F)C(F)(F)F. The van der Waals surface area contributed by atoms with E-state index in [9.17, 15) is 124 Å². The number of alkyl halides is 26. The lowest BCUT2D eigenvalue weighted by Crippen LogP contribution is -2.70. The first kappa shape index (κ1) is 56.0. The van der Waals surface area contributed by atoms with Gasteiger partial charge in [0.2, 0.25) is 0 Å². The Labute approximate surface area is 310 Å². The zero-order valence-electron chi connectivity index (χ0n) is 29.8. The molecule has 0 aromatic heterocycles. The summed E-state index contributed by atoms with van der Waals surface area (Å²) in [4.78, 5) is 0. The molecule has 4 nitrogen and oxygen atoms in total. The average molecular weight is 927 g/mol. The first-order chi connectivity index (χ1) is 24.9. The number of nitrogens with zero attached hydrogens (tertiary/aromatic N) is 2. The molecule has 30 heteroatoms. The zero-order chi connectivity index (χ0) is 47.2. The van der Waals surface area contributed by atoms with E-state index in [2.05, 4.69) is 0 Å². The maximum Gasteiger partial charge on any atom is 0.460 e. The number of likely N-dealkylation sites (N-methyl/N-ethyl adjacent to an activating group) is 2. The number of unbranched alkanes of at least 4 members (excludes halogenated alkanes) is 3. The molecule has 0 aliphatic carbocycles. The van der Waals surface area contributed by atoms with Crippen LogP contribution in [-0.4, -0.2) is 157 Å². The van der Waals surface area contributed by atoms with Gasteiger partial charge in [-0.1, -0.05) is 0 Å². The van der Waals surface area contributed by atoms with Gasteiger partial charge in [0.25, 0.3) is 0 Å². The molecule has 0 saturated carbocycles. The summed E-state index contributed by atoms with van der Waals surface area (Å²) >= 11 is 0. The highest BCUT2D eigenvalue weighted by molar-refractivity contribution is 5.11. The Bertz CT molecular complexity index is 1240. The Morgan fingerprint density at radius 1 is 0.328 bits per heavy atom.